The van der Waals surface area contributed by atoms with Crippen molar-refractivity contribution in [1.82, 2.24) is 20.4 Å². The molecule has 4 rings (SSSR count). The van der Waals surface area contributed by atoms with E-state index in [1.54, 1.807) is 0 Å². The monoisotopic (exact) mass is 408 g/mol. The Hall–Kier alpha value is -2.80. The first-order valence-corrected chi connectivity index (χ1v) is 11.1. The van der Waals surface area contributed by atoms with E-state index >= 15 is 0 Å². The van der Waals surface area contributed by atoms with Crippen molar-refractivity contribution in [1.29, 1.82) is 0 Å². The van der Waals surface area contributed by atoms with E-state index < -0.39 is 0 Å². The van der Waals surface area contributed by atoms with Gasteiger partial charge in [-0.2, -0.15) is 5.10 Å². The van der Waals surface area contributed by atoms with Crippen molar-refractivity contribution in [3.05, 3.63) is 65.8 Å². The summed E-state index contributed by atoms with van der Waals surface area (Å²) in [5.74, 6) is 0.884. The van der Waals surface area contributed by atoms with Crippen LogP contribution in [0.1, 0.15) is 25.3 Å². The molecule has 1 fully saturated rings. The third-order valence-corrected chi connectivity index (χ3v) is 6.00. The minimum Gasteiger partial charge on any atom is -0.363 e. The highest BCUT2D eigenvalue weighted by atomic mass is 32.1. The van der Waals surface area contributed by atoms with Crippen molar-refractivity contribution in [3.63, 3.8) is 0 Å². The molecule has 0 saturated carbocycles. The van der Waals surface area contributed by atoms with Crippen molar-refractivity contribution in [2.75, 3.05) is 24.5 Å². The molecule has 2 N–H and O–H groups in total. The van der Waals surface area contributed by atoms with Crippen LogP contribution in [0, 0.1) is 0 Å². The zero-order valence-electron chi connectivity index (χ0n) is 16.8. The highest BCUT2D eigenvalue weighted by Crippen LogP contribution is 2.24. The van der Waals surface area contributed by atoms with Crippen LogP contribution in [0.15, 0.2) is 65.2 Å². The number of thiophene rings is 1. The van der Waals surface area contributed by atoms with Gasteiger partial charge in [0.15, 0.2) is 5.96 Å². The molecule has 0 amide bonds. The molecule has 2 aromatic heterocycles. The standard InChI is InChI=1S/C22H28N6S/c1-2-23-22(26-19-10-12-27(13-11-19)21-9-6-14-29-21)24-15-18-16-25-28(17-18)20-7-4-3-5-8-20/h3-9,14,16-17,19H,2,10-13,15H2,1H3,(H2,23,24,26). The van der Waals surface area contributed by atoms with Crippen LogP contribution in [-0.4, -0.2) is 41.4 Å². The summed E-state index contributed by atoms with van der Waals surface area (Å²) in [4.78, 5) is 7.26. The maximum absolute atomic E-state index is 4.78. The Morgan fingerprint density at radius 2 is 2.00 bits per heavy atom. The molecule has 1 aromatic carbocycles. The Morgan fingerprint density at radius 3 is 2.72 bits per heavy atom. The number of piperidine rings is 1. The van der Waals surface area contributed by atoms with Gasteiger partial charge < -0.3 is 15.5 Å². The number of aliphatic imine (C=N–C) groups is 1. The van der Waals surface area contributed by atoms with Crippen LogP contribution in [0.3, 0.4) is 0 Å². The summed E-state index contributed by atoms with van der Waals surface area (Å²) >= 11 is 1.82. The van der Waals surface area contributed by atoms with E-state index in [9.17, 15) is 0 Å². The number of aromatic nitrogens is 2. The summed E-state index contributed by atoms with van der Waals surface area (Å²) < 4.78 is 1.89. The Morgan fingerprint density at radius 1 is 1.17 bits per heavy atom. The average Bonchev–Trinajstić information content (AvgIpc) is 3.46. The molecule has 0 aliphatic carbocycles. The molecule has 0 atom stereocenters. The smallest absolute Gasteiger partial charge is 0.191 e. The summed E-state index contributed by atoms with van der Waals surface area (Å²) in [6.07, 6.45) is 6.17. The lowest BCUT2D eigenvalue weighted by molar-refractivity contribution is 0.463. The molecule has 1 saturated heterocycles. The van der Waals surface area contributed by atoms with Gasteiger partial charge in [-0.3, -0.25) is 0 Å². The van der Waals surface area contributed by atoms with Crippen LogP contribution in [0.5, 0.6) is 0 Å². The lowest BCUT2D eigenvalue weighted by atomic mass is 10.1. The molecular formula is C22H28N6S. The Labute approximate surface area is 176 Å². The maximum Gasteiger partial charge on any atom is 0.191 e. The van der Waals surface area contributed by atoms with Gasteiger partial charge in [-0.25, -0.2) is 9.67 Å². The number of guanidine groups is 1. The minimum absolute atomic E-state index is 0.455. The van der Waals surface area contributed by atoms with E-state index in [1.165, 1.54) is 5.00 Å². The van der Waals surface area contributed by atoms with Gasteiger partial charge in [0.1, 0.15) is 0 Å². The topological polar surface area (TPSA) is 57.5 Å². The molecule has 29 heavy (non-hydrogen) atoms. The molecular weight excluding hydrogens is 380 g/mol. The number of hydrogen-bond donors (Lipinski definition) is 2. The Bertz CT molecular complexity index is 895. The minimum atomic E-state index is 0.455. The molecule has 0 unspecified atom stereocenters. The number of nitrogens with one attached hydrogen (secondary N) is 2. The van der Waals surface area contributed by atoms with Gasteiger partial charge in [-0.05, 0) is 49.4 Å². The van der Waals surface area contributed by atoms with Crippen LogP contribution < -0.4 is 15.5 Å². The second kappa shape index (κ2) is 9.60. The summed E-state index contributed by atoms with van der Waals surface area (Å²) in [6, 6.07) is 14.9. The zero-order chi connectivity index (χ0) is 19.9. The number of para-hydroxylation sites is 1. The van der Waals surface area contributed by atoms with Crippen LogP contribution >= 0.6 is 11.3 Å². The molecule has 0 spiro atoms. The van der Waals surface area contributed by atoms with Gasteiger partial charge in [-0.1, -0.05) is 18.2 Å². The number of hydrogen-bond acceptors (Lipinski definition) is 4. The third kappa shape index (κ3) is 5.17. The molecule has 3 heterocycles. The predicted octanol–water partition coefficient (Wildman–Crippen LogP) is 3.66. The van der Waals surface area contributed by atoms with Crippen molar-refractivity contribution in [3.8, 4) is 5.69 Å². The maximum atomic E-state index is 4.78. The van der Waals surface area contributed by atoms with Crippen LogP contribution in [0.4, 0.5) is 5.00 Å². The summed E-state index contributed by atoms with van der Waals surface area (Å²) in [6.45, 7) is 5.73. The molecule has 152 valence electrons. The Kier molecular flexibility index (Phi) is 6.46. The van der Waals surface area contributed by atoms with Gasteiger partial charge >= 0.3 is 0 Å². The van der Waals surface area contributed by atoms with Gasteiger partial charge in [0.25, 0.3) is 0 Å². The van der Waals surface area contributed by atoms with Crippen molar-refractivity contribution in [2.45, 2.75) is 32.4 Å². The molecule has 1 aliphatic heterocycles. The number of anilines is 1. The first-order chi connectivity index (χ1) is 14.3. The summed E-state index contributed by atoms with van der Waals surface area (Å²) in [5.41, 5.74) is 2.16. The highest BCUT2D eigenvalue weighted by molar-refractivity contribution is 7.14. The van der Waals surface area contributed by atoms with Crippen LogP contribution in [-0.2, 0) is 6.54 Å². The summed E-state index contributed by atoms with van der Waals surface area (Å²) in [5, 5.41) is 15.0. The second-order valence-corrected chi connectivity index (χ2v) is 8.11. The van der Waals surface area contributed by atoms with Crippen molar-refractivity contribution >= 4 is 22.3 Å². The van der Waals surface area contributed by atoms with Crippen LogP contribution in [0.25, 0.3) is 5.69 Å². The summed E-state index contributed by atoms with van der Waals surface area (Å²) in [7, 11) is 0. The fourth-order valence-corrected chi connectivity index (χ4v) is 4.33. The largest absolute Gasteiger partial charge is 0.363 e. The van der Waals surface area contributed by atoms with E-state index in [4.69, 9.17) is 4.99 Å². The number of rotatable bonds is 6. The fourth-order valence-electron chi connectivity index (χ4n) is 3.54. The Balaban J connectivity index is 1.33. The quantitative estimate of drug-likeness (QED) is 0.483. The van der Waals surface area contributed by atoms with Gasteiger partial charge in [0.05, 0.1) is 23.4 Å². The van der Waals surface area contributed by atoms with Crippen molar-refractivity contribution < 1.29 is 0 Å². The first kappa shape index (κ1) is 19.5. The SMILES string of the molecule is CCNC(=NCc1cnn(-c2ccccc2)c1)NC1CCN(c2cccs2)CC1. The molecule has 6 nitrogen and oxygen atoms in total. The molecule has 1 aliphatic rings. The molecule has 3 aromatic rings. The molecule has 7 heteroatoms. The number of nitrogens with zero attached hydrogens (tertiary/aromatic N) is 4. The normalized spacial score (nSPS) is 15.5. The van der Waals surface area contributed by atoms with Crippen molar-refractivity contribution in [2.24, 2.45) is 4.99 Å². The van der Waals surface area contributed by atoms with E-state index in [0.29, 0.717) is 12.6 Å². The second-order valence-electron chi connectivity index (χ2n) is 7.18. The van der Waals surface area contributed by atoms with Gasteiger partial charge in [-0.15, -0.1) is 11.3 Å². The van der Waals surface area contributed by atoms with Gasteiger partial charge in [0.2, 0.25) is 0 Å². The lowest BCUT2D eigenvalue weighted by Crippen LogP contribution is -2.48. The van der Waals surface area contributed by atoms with E-state index in [-0.39, 0.29) is 0 Å². The van der Waals surface area contributed by atoms with Gasteiger partial charge in [0, 0.05) is 37.4 Å². The fraction of sp³-hybridized carbons (Fsp3) is 0.364. The van der Waals surface area contributed by atoms with E-state index in [0.717, 1.165) is 49.7 Å². The number of benzene rings is 1. The molecule has 0 radical (unpaired) electrons. The average molecular weight is 409 g/mol. The third-order valence-electron chi connectivity index (χ3n) is 5.07. The lowest BCUT2D eigenvalue weighted by Gasteiger charge is -2.33. The van der Waals surface area contributed by atoms with E-state index in [1.807, 2.05) is 58.7 Å². The molecule has 0 bridgehead atoms. The van der Waals surface area contributed by atoms with Crippen LogP contribution in [0.2, 0.25) is 0 Å². The first-order valence-electron chi connectivity index (χ1n) is 10.2. The zero-order valence-corrected chi connectivity index (χ0v) is 17.6. The van der Waals surface area contributed by atoms with E-state index in [2.05, 4.69) is 45.1 Å². The predicted molar refractivity (Wildman–Crippen MR) is 121 cm³/mol. The highest BCUT2D eigenvalue weighted by Gasteiger charge is 2.20.